The molecular formula is C21H30ClN5O2. The van der Waals surface area contributed by atoms with Crippen molar-refractivity contribution in [2.45, 2.75) is 53.0 Å². The zero-order valence-electron chi connectivity index (χ0n) is 17.3. The van der Waals surface area contributed by atoms with Crippen molar-refractivity contribution >= 4 is 29.2 Å². The molecule has 1 aromatic heterocycles. The number of hydrogen-bond donors (Lipinski definition) is 3. The number of hydrogen-bond acceptors (Lipinski definition) is 4. The molecule has 0 atom stereocenters. The second-order valence-electron chi connectivity index (χ2n) is 6.52. The summed E-state index contributed by atoms with van der Waals surface area (Å²) < 4.78 is 5.40. The largest absolute Gasteiger partial charge is 0.361 e. The molecular weight excluding hydrogens is 390 g/mol. The van der Waals surface area contributed by atoms with Gasteiger partial charge in [-0.1, -0.05) is 30.6 Å². The highest BCUT2D eigenvalue weighted by Gasteiger charge is 2.13. The van der Waals surface area contributed by atoms with E-state index in [0.717, 1.165) is 48.1 Å². The van der Waals surface area contributed by atoms with E-state index in [9.17, 15) is 4.79 Å². The standard InChI is InChI=1S/C21H30ClN5O2/c1-4-18-17(19(5-2)29-27-18)14-25-21(23-6-3)24-13-7-8-20(28)26-16-11-9-15(22)10-12-16/h9-12H,4-8,13-14H2,1-3H3,(H,26,28)(H2,23,24,25). The van der Waals surface area contributed by atoms with Gasteiger partial charge in [-0.15, -0.1) is 0 Å². The van der Waals surface area contributed by atoms with Gasteiger partial charge in [0.1, 0.15) is 5.76 Å². The SMILES string of the molecule is CCNC(=NCc1c(CC)noc1CC)NCCCC(=O)Nc1ccc(Cl)cc1. The molecule has 0 radical (unpaired) electrons. The van der Waals surface area contributed by atoms with E-state index in [-0.39, 0.29) is 5.91 Å². The Bertz CT molecular complexity index is 780. The average Bonchev–Trinajstić information content (AvgIpc) is 3.13. The lowest BCUT2D eigenvalue weighted by atomic mass is 10.1. The number of benzene rings is 1. The predicted octanol–water partition coefficient (Wildman–Crippen LogP) is 3.93. The van der Waals surface area contributed by atoms with Crippen LogP contribution in [0.2, 0.25) is 5.02 Å². The van der Waals surface area contributed by atoms with Crippen LogP contribution in [0.4, 0.5) is 5.69 Å². The molecule has 1 amide bonds. The van der Waals surface area contributed by atoms with E-state index in [1.54, 1.807) is 24.3 Å². The van der Waals surface area contributed by atoms with Crippen molar-refractivity contribution in [3.63, 3.8) is 0 Å². The lowest BCUT2D eigenvalue weighted by molar-refractivity contribution is -0.116. The van der Waals surface area contributed by atoms with Crippen LogP contribution in [0.5, 0.6) is 0 Å². The van der Waals surface area contributed by atoms with Crippen LogP contribution >= 0.6 is 11.6 Å². The average molecular weight is 420 g/mol. The van der Waals surface area contributed by atoms with E-state index in [4.69, 9.17) is 16.1 Å². The highest BCUT2D eigenvalue weighted by molar-refractivity contribution is 6.30. The van der Waals surface area contributed by atoms with Gasteiger partial charge in [0.25, 0.3) is 0 Å². The molecule has 0 aliphatic heterocycles. The van der Waals surface area contributed by atoms with Crippen molar-refractivity contribution in [2.24, 2.45) is 4.99 Å². The number of aromatic nitrogens is 1. The maximum absolute atomic E-state index is 12.1. The molecule has 8 heteroatoms. The number of guanidine groups is 1. The first-order valence-electron chi connectivity index (χ1n) is 10.1. The minimum Gasteiger partial charge on any atom is -0.361 e. The molecule has 0 aliphatic rings. The van der Waals surface area contributed by atoms with Crippen LogP contribution < -0.4 is 16.0 Å². The van der Waals surface area contributed by atoms with Crippen LogP contribution in [0.1, 0.15) is 50.6 Å². The molecule has 0 aliphatic carbocycles. The normalized spacial score (nSPS) is 11.4. The maximum atomic E-state index is 12.1. The van der Waals surface area contributed by atoms with Crippen molar-refractivity contribution in [3.05, 3.63) is 46.3 Å². The zero-order valence-corrected chi connectivity index (χ0v) is 18.1. The molecule has 1 aromatic carbocycles. The van der Waals surface area contributed by atoms with Gasteiger partial charge in [0, 0.05) is 42.2 Å². The quantitative estimate of drug-likeness (QED) is 0.308. The van der Waals surface area contributed by atoms with Gasteiger partial charge in [0.15, 0.2) is 5.96 Å². The zero-order chi connectivity index (χ0) is 21.1. The molecule has 158 valence electrons. The third-order valence-electron chi connectivity index (χ3n) is 4.35. The fraction of sp³-hybridized carbons (Fsp3) is 0.476. The maximum Gasteiger partial charge on any atom is 0.224 e. The number of amides is 1. The van der Waals surface area contributed by atoms with Crippen LogP contribution in [0.3, 0.4) is 0 Å². The van der Waals surface area contributed by atoms with Crippen LogP contribution in [-0.4, -0.2) is 30.1 Å². The van der Waals surface area contributed by atoms with Crippen LogP contribution in [0.25, 0.3) is 0 Å². The number of rotatable bonds is 10. The van der Waals surface area contributed by atoms with Crippen LogP contribution in [0, 0.1) is 0 Å². The Kier molecular flexibility index (Phi) is 9.50. The fourth-order valence-corrected chi connectivity index (χ4v) is 2.95. The topological polar surface area (TPSA) is 91.6 Å². The van der Waals surface area contributed by atoms with Crippen molar-refractivity contribution in [3.8, 4) is 0 Å². The van der Waals surface area contributed by atoms with Crippen molar-refractivity contribution < 1.29 is 9.32 Å². The summed E-state index contributed by atoms with van der Waals surface area (Å²) in [4.78, 5) is 16.7. The van der Waals surface area contributed by atoms with Gasteiger partial charge in [-0.25, -0.2) is 4.99 Å². The highest BCUT2D eigenvalue weighted by atomic mass is 35.5. The molecule has 1 heterocycles. The third kappa shape index (κ3) is 7.42. The van der Waals surface area contributed by atoms with Gasteiger partial charge in [-0.3, -0.25) is 4.79 Å². The minimum absolute atomic E-state index is 0.0271. The minimum atomic E-state index is -0.0271. The second kappa shape index (κ2) is 12.1. The molecule has 2 rings (SSSR count). The number of carbonyl (C=O) groups is 1. The Balaban J connectivity index is 1.81. The molecule has 7 nitrogen and oxygen atoms in total. The van der Waals surface area contributed by atoms with E-state index in [1.165, 1.54) is 0 Å². The summed E-state index contributed by atoms with van der Waals surface area (Å²) in [7, 11) is 0. The molecule has 2 aromatic rings. The monoisotopic (exact) mass is 419 g/mol. The van der Waals surface area contributed by atoms with Gasteiger partial charge in [-0.2, -0.15) is 0 Å². The molecule has 0 saturated heterocycles. The number of aliphatic imine (C=N–C) groups is 1. The fourth-order valence-electron chi connectivity index (χ4n) is 2.83. The number of nitrogens with zero attached hydrogens (tertiary/aromatic N) is 2. The lowest BCUT2D eigenvalue weighted by Crippen LogP contribution is -2.38. The van der Waals surface area contributed by atoms with Crippen molar-refractivity contribution in [1.29, 1.82) is 0 Å². The number of carbonyl (C=O) groups excluding carboxylic acids is 1. The van der Waals surface area contributed by atoms with Gasteiger partial charge >= 0.3 is 0 Å². The Morgan fingerprint density at radius 2 is 1.90 bits per heavy atom. The number of halogens is 1. The summed E-state index contributed by atoms with van der Waals surface area (Å²) in [5, 5.41) is 14.1. The molecule has 0 fully saturated rings. The Labute approximate surface area is 177 Å². The first kappa shape index (κ1) is 22.7. The summed E-state index contributed by atoms with van der Waals surface area (Å²) in [6.45, 7) is 8.04. The highest BCUT2D eigenvalue weighted by Crippen LogP contribution is 2.17. The van der Waals surface area contributed by atoms with E-state index in [1.807, 2.05) is 13.8 Å². The first-order valence-corrected chi connectivity index (χ1v) is 10.5. The number of nitrogens with one attached hydrogen (secondary N) is 3. The second-order valence-corrected chi connectivity index (χ2v) is 6.96. The third-order valence-corrected chi connectivity index (χ3v) is 4.60. The molecule has 0 spiro atoms. The van der Waals surface area contributed by atoms with Crippen LogP contribution in [-0.2, 0) is 24.2 Å². The summed E-state index contributed by atoms with van der Waals surface area (Å²) in [6, 6.07) is 7.07. The summed E-state index contributed by atoms with van der Waals surface area (Å²) in [5.74, 6) is 1.58. The first-order chi connectivity index (χ1) is 14.1. The Morgan fingerprint density at radius 3 is 2.55 bits per heavy atom. The van der Waals surface area contributed by atoms with Gasteiger partial charge in [0.2, 0.25) is 5.91 Å². The van der Waals surface area contributed by atoms with E-state index in [0.29, 0.717) is 31.0 Å². The van der Waals surface area contributed by atoms with Gasteiger partial charge in [-0.05, 0) is 44.0 Å². The van der Waals surface area contributed by atoms with E-state index in [2.05, 4.69) is 33.0 Å². The number of aryl methyl sites for hydroxylation is 2. The Hall–Kier alpha value is -2.54. The van der Waals surface area contributed by atoms with Crippen LogP contribution in [0.15, 0.2) is 33.8 Å². The van der Waals surface area contributed by atoms with Gasteiger partial charge in [0.05, 0.1) is 12.2 Å². The molecule has 3 N–H and O–H groups in total. The van der Waals surface area contributed by atoms with Gasteiger partial charge < -0.3 is 20.5 Å². The summed E-state index contributed by atoms with van der Waals surface area (Å²) >= 11 is 5.85. The Morgan fingerprint density at radius 1 is 1.14 bits per heavy atom. The summed E-state index contributed by atoms with van der Waals surface area (Å²) in [5.41, 5.74) is 2.77. The number of anilines is 1. The summed E-state index contributed by atoms with van der Waals surface area (Å²) in [6.07, 6.45) is 2.73. The molecule has 0 bridgehead atoms. The molecule has 29 heavy (non-hydrogen) atoms. The van der Waals surface area contributed by atoms with E-state index >= 15 is 0 Å². The molecule has 0 saturated carbocycles. The van der Waals surface area contributed by atoms with Crippen molar-refractivity contribution in [2.75, 3.05) is 18.4 Å². The molecule has 0 unspecified atom stereocenters. The van der Waals surface area contributed by atoms with E-state index < -0.39 is 0 Å². The lowest BCUT2D eigenvalue weighted by Gasteiger charge is -2.11. The predicted molar refractivity (Wildman–Crippen MR) is 117 cm³/mol. The smallest absolute Gasteiger partial charge is 0.224 e. The van der Waals surface area contributed by atoms with Crippen molar-refractivity contribution in [1.82, 2.24) is 15.8 Å².